The molecule has 0 radical (unpaired) electrons. The van der Waals surface area contributed by atoms with Gasteiger partial charge in [0.15, 0.2) is 0 Å². The molecule has 3 heteroatoms. The van der Waals surface area contributed by atoms with E-state index in [4.69, 9.17) is 10.5 Å². The molecule has 3 rings (SSSR count). The first-order chi connectivity index (χ1) is 12.1. The summed E-state index contributed by atoms with van der Waals surface area (Å²) in [4.78, 5) is 0. The Kier molecular flexibility index (Phi) is 5.77. The molecule has 25 heavy (non-hydrogen) atoms. The third kappa shape index (κ3) is 4.42. The van der Waals surface area contributed by atoms with Gasteiger partial charge < -0.3 is 15.6 Å². The number of nitrogen functional groups attached to an aromatic ring is 1. The average Bonchev–Trinajstić information content (AvgIpc) is 2.64. The molecular weight excluding hydrogens is 310 g/mol. The second-order valence-electron chi connectivity index (χ2n) is 7.15. The third-order valence-electron chi connectivity index (χ3n) is 5.28. The fourth-order valence-corrected chi connectivity index (χ4v) is 3.57. The Hall–Kier alpha value is -1.84. The van der Waals surface area contributed by atoms with Crippen molar-refractivity contribution in [2.75, 3.05) is 12.3 Å². The van der Waals surface area contributed by atoms with Gasteiger partial charge in [-0.05, 0) is 60.9 Å². The van der Waals surface area contributed by atoms with Crippen LogP contribution in [0.15, 0.2) is 48.5 Å². The first-order valence-electron chi connectivity index (χ1n) is 9.41. The van der Waals surface area contributed by atoms with E-state index >= 15 is 0 Å². The number of hydrogen-bond donors (Lipinski definition) is 2. The zero-order chi connectivity index (χ0) is 17.7. The number of anilines is 1. The van der Waals surface area contributed by atoms with Crippen molar-refractivity contribution in [1.82, 2.24) is 0 Å². The molecule has 1 aliphatic carbocycles. The molecule has 0 aliphatic heterocycles. The predicted molar refractivity (Wildman–Crippen MR) is 103 cm³/mol. The van der Waals surface area contributed by atoms with Gasteiger partial charge in [0.25, 0.3) is 0 Å². The Morgan fingerprint density at radius 3 is 2.12 bits per heavy atom. The summed E-state index contributed by atoms with van der Waals surface area (Å²) in [6.07, 6.45) is 5.99. The van der Waals surface area contributed by atoms with Gasteiger partial charge in [-0.25, -0.2) is 0 Å². The minimum absolute atomic E-state index is 0.306. The third-order valence-corrected chi connectivity index (χ3v) is 5.28. The van der Waals surface area contributed by atoms with Crippen LogP contribution in [0.2, 0.25) is 0 Å². The first-order valence-corrected chi connectivity index (χ1v) is 9.41. The van der Waals surface area contributed by atoms with Crippen molar-refractivity contribution < 1.29 is 9.84 Å². The Morgan fingerprint density at radius 2 is 1.56 bits per heavy atom. The van der Waals surface area contributed by atoms with E-state index in [1.807, 2.05) is 24.3 Å². The van der Waals surface area contributed by atoms with Gasteiger partial charge in [-0.15, -0.1) is 0 Å². The normalized spacial score (nSPS) is 23.5. The van der Waals surface area contributed by atoms with Gasteiger partial charge >= 0.3 is 0 Å². The number of ether oxygens (including phenoxy) is 1. The highest BCUT2D eigenvalue weighted by atomic mass is 16.5. The van der Waals surface area contributed by atoms with Gasteiger partial charge in [0.2, 0.25) is 0 Å². The number of hydrogen-bond acceptors (Lipinski definition) is 3. The average molecular weight is 339 g/mol. The molecule has 0 bridgehead atoms. The number of unbranched alkanes of at least 4 members (excludes halogenated alkanes) is 1. The predicted octanol–water partition coefficient (Wildman–Crippen LogP) is 4.88. The van der Waals surface area contributed by atoms with Gasteiger partial charge in [-0.3, -0.25) is 0 Å². The van der Waals surface area contributed by atoms with E-state index < -0.39 is 5.60 Å². The highest BCUT2D eigenvalue weighted by Crippen LogP contribution is 2.38. The van der Waals surface area contributed by atoms with E-state index in [1.165, 1.54) is 0 Å². The van der Waals surface area contributed by atoms with Gasteiger partial charge in [-0.1, -0.05) is 49.7 Å². The van der Waals surface area contributed by atoms with Crippen molar-refractivity contribution in [2.45, 2.75) is 57.2 Å². The Labute approximate surface area is 150 Å². The van der Waals surface area contributed by atoms with Crippen LogP contribution in [0.3, 0.4) is 0 Å². The van der Waals surface area contributed by atoms with Crippen LogP contribution in [0, 0.1) is 0 Å². The van der Waals surface area contributed by atoms with Gasteiger partial charge in [-0.2, -0.15) is 0 Å². The topological polar surface area (TPSA) is 55.5 Å². The van der Waals surface area contributed by atoms with Crippen LogP contribution in [0.4, 0.5) is 5.69 Å². The molecule has 0 aromatic heterocycles. The maximum atomic E-state index is 11.1. The monoisotopic (exact) mass is 339 g/mol. The van der Waals surface area contributed by atoms with Crippen LogP contribution in [-0.2, 0) is 10.3 Å². The number of aliphatic hydroxyl groups is 1. The van der Waals surface area contributed by atoms with E-state index in [1.54, 1.807) is 0 Å². The van der Waals surface area contributed by atoms with Crippen molar-refractivity contribution in [3.8, 4) is 11.1 Å². The van der Waals surface area contributed by atoms with Crippen LogP contribution >= 0.6 is 0 Å². The van der Waals surface area contributed by atoms with Crippen molar-refractivity contribution in [1.29, 1.82) is 0 Å². The lowest BCUT2D eigenvalue weighted by Gasteiger charge is -2.36. The zero-order valence-electron chi connectivity index (χ0n) is 15.1. The van der Waals surface area contributed by atoms with Crippen molar-refractivity contribution in [3.63, 3.8) is 0 Å². The Balaban J connectivity index is 1.63. The number of benzene rings is 2. The molecule has 0 atom stereocenters. The fraction of sp³-hybridized carbons (Fsp3) is 0.455. The van der Waals surface area contributed by atoms with Crippen LogP contribution in [0.1, 0.15) is 51.0 Å². The van der Waals surface area contributed by atoms with Gasteiger partial charge in [0.1, 0.15) is 0 Å². The van der Waals surface area contributed by atoms with E-state index in [2.05, 4.69) is 31.2 Å². The summed E-state index contributed by atoms with van der Waals surface area (Å²) >= 11 is 0. The van der Waals surface area contributed by atoms with Crippen molar-refractivity contribution in [2.24, 2.45) is 0 Å². The van der Waals surface area contributed by atoms with Crippen LogP contribution in [0.25, 0.3) is 11.1 Å². The molecule has 1 fully saturated rings. The minimum Gasteiger partial charge on any atom is -0.399 e. The van der Waals surface area contributed by atoms with Crippen LogP contribution < -0.4 is 5.73 Å². The largest absolute Gasteiger partial charge is 0.399 e. The Morgan fingerprint density at radius 1 is 1.00 bits per heavy atom. The van der Waals surface area contributed by atoms with E-state index in [0.29, 0.717) is 6.10 Å². The van der Waals surface area contributed by atoms with Crippen LogP contribution in [-0.4, -0.2) is 17.8 Å². The SMILES string of the molecule is CCCCOC1CCC(O)(c2ccc(-c3ccc(N)cc3)cc2)CC1. The zero-order valence-corrected chi connectivity index (χ0v) is 15.1. The molecule has 134 valence electrons. The van der Waals surface area contributed by atoms with Gasteiger partial charge in [0.05, 0.1) is 11.7 Å². The molecule has 0 spiro atoms. The summed E-state index contributed by atoms with van der Waals surface area (Å²) in [5, 5.41) is 11.1. The molecule has 1 saturated carbocycles. The maximum Gasteiger partial charge on any atom is 0.0898 e. The summed E-state index contributed by atoms with van der Waals surface area (Å²) in [5.74, 6) is 0. The summed E-state index contributed by atoms with van der Waals surface area (Å²) in [7, 11) is 0. The highest BCUT2D eigenvalue weighted by molar-refractivity contribution is 5.65. The Bertz CT molecular complexity index is 655. The number of rotatable bonds is 6. The van der Waals surface area contributed by atoms with Crippen molar-refractivity contribution >= 4 is 5.69 Å². The molecule has 0 heterocycles. The molecule has 3 nitrogen and oxygen atoms in total. The smallest absolute Gasteiger partial charge is 0.0898 e. The molecule has 2 aromatic rings. The second-order valence-corrected chi connectivity index (χ2v) is 7.15. The summed E-state index contributed by atoms with van der Waals surface area (Å²) in [6.45, 7) is 3.02. The molecule has 0 saturated heterocycles. The molecule has 0 unspecified atom stereocenters. The number of nitrogens with two attached hydrogens (primary N) is 1. The van der Waals surface area contributed by atoms with E-state index in [0.717, 1.165) is 67.5 Å². The summed E-state index contributed by atoms with van der Waals surface area (Å²) in [5.41, 5.74) is 9.10. The van der Waals surface area contributed by atoms with Crippen molar-refractivity contribution in [3.05, 3.63) is 54.1 Å². The lowest BCUT2D eigenvalue weighted by atomic mass is 9.78. The van der Waals surface area contributed by atoms with E-state index in [-0.39, 0.29) is 0 Å². The second kappa shape index (κ2) is 8.03. The minimum atomic E-state index is -0.718. The standard InChI is InChI=1S/C22H29NO2/c1-2-3-16-25-21-12-14-22(24,15-13-21)19-8-4-17(5-9-19)18-6-10-20(23)11-7-18/h4-11,21,24H,2-3,12-16,23H2,1H3. The van der Waals surface area contributed by atoms with E-state index in [9.17, 15) is 5.11 Å². The molecule has 2 aromatic carbocycles. The molecule has 3 N–H and O–H groups in total. The molecular formula is C22H29NO2. The summed E-state index contributed by atoms with van der Waals surface area (Å²) < 4.78 is 5.92. The quantitative estimate of drug-likeness (QED) is 0.582. The van der Waals surface area contributed by atoms with Gasteiger partial charge in [0, 0.05) is 12.3 Å². The fourth-order valence-electron chi connectivity index (χ4n) is 3.57. The highest BCUT2D eigenvalue weighted by Gasteiger charge is 2.35. The summed E-state index contributed by atoms with van der Waals surface area (Å²) in [6, 6.07) is 16.2. The lowest BCUT2D eigenvalue weighted by Crippen LogP contribution is -2.34. The molecule has 1 aliphatic rings. The lowest BCUT2D eigenvalue weighted by molar-refractivity contribution is -0.0597. The van der Waals surface area contributed by atoms with Crippen LogP contribution in [0.5, 0.6) is 0 Å². The molecule has 0 amide bonds. The first kappa shape index (κ1) is 18.0. The maximum absolute atomic E-state index is 11.1.